The number of aromatic nitrogens is 1. The standard InChI is InChI=1S/C32H37Cl2N3O2/c1-5-24(28(38)6-2)25-13-12-23(18-20(25)3)37-16-14-36(15-17-37)19-21(4)29-31(35-39-32(29)22-10-11-22)30-26(33)8-7-9-27(30)34/h5,7-9,12-13,18,21-22H,6,10-11,14-17,19H2,1-4H3/b24-5+. The molecule has 1 aliphatic carbocycles. The highest BCUT2D eigenvalue weighted by molar-refractivity contribution is 6.39. The lowest BCUT2D eigenvalue weighted by Gasteiger charge is -2.37. The third-order valence-electron chi connectivity index (χ3n) is 8.08. The maximum Gasteiger partial charge on any atom is 0.162 e. The quantitative estimate of drug-likeness (QED) is 0.245. The second kappa shape index (κ2) is 11.9. The van der Waals surface area contributed by atoms with E-state index >= 15 is 0 Å². The number of hydrogen-bond donors (Lipinski definition) is 0. The van der Waals surface area contributed by atoms with Gasteiger partial charge < -0.3 is 9.42 Å². The Balaban J connectivity index is 1.28. The van der Waals surface area contributed by atoms with Crippen LogP contribution in [0.5, 0.6) is 0 Å². The fourth-order valence-electron chi connectivity index (χ4n) is 5.80. The van der Waals surface area contributed by atoms with E-state index in [1.165, 1.54) is 5.69 Å². The van der Waals surface area contributed by atoms with Gasteiger partial charge in [0.25, 0.3) is 0 Å². The van der Waals surface area contributed by atoms with E-state index in [-0.39, 0.29) is 11.7 Å². The molecular formula is C32H37Cl2N3O2. The minimum Gasteiger partial charge on any atom is -0.369 e. The van der Waals surface area contributed by atoms with E-state index in [9.17, 15) is 4.79 Å². The Bertz CT molecular complexity index is 1360. The number of nitrogens with zero attached hydrogens (tertiary/aromatic N) is 3. The molecule has 1 saturated carbocycles. The zero-order chi connectivity index (χ0) is 27.7. The average Bonchev–Trinajstić information content (AvgIpc) is 3.69. The number of carbonyl (C=O) groups is 1. The van der Waals surface area contributed by atoms with E-state index in [0.29, 0.717) is 22.4 Å². The van der Waals surface area contributed by atoms with Crippen LogP contribution in [-0.2, 0) is 4.79 Å². The number of allylic oxidation sites excluding steroid dienone is 2. The summed E-state index contributed by atoms with van der Waals surface area (Å²) in [6.07, 6.45) is 4.74. The molecule has 1 saturated heterocycles. The summed E-state index contributed by atoms with van der Waals surface area (Å²) in [6.45, 7) is 13.0. The van der Waals surface area contributed by atoms with Gasteiger partial charge in [-0.2, -0.15) is 0 Å². The van der Waals surface area contributed by atoms with Crippen molar-refractivity contribution < 1.29 is 9.32 Å². The van der Waals surface area contributed by atoms with E-state index in [0.717, 1.165) is 84.8 Å². The number of ketones is 1. The van der Waals surface area contributed by atoms with Gasteiger partial charge in [0.2, 0.25) is 0 Å². The highest BCUT2D eigenvalue weighted by Gasteiger charge is 2.36. The smallest absolute Gasteiger partial charge is 0.162 e. The highest BCUT2D eigenvalue weighted by Crippen LogP contribution is 2.48. The Morgan fingerprint density at radius 3 is 2.41 bits per heavy atom. The third-order valence-corrected chi connectivity index (χ3v) is 8.71. The zero-order valence-corrected chi connectivity index (χ0v) is 24.8. The van der Waals surface area contributed by atoms with Crippen LogP contribution < -0.4 is 4.90 Å². The lowest BCUT2D eigenvalue weighted by molar-refractivity contribution is -0.113. The lowest BCUT2D eigenvalue weighted by Crippen LogP contribution is -2.47. The second-order valence-electron chi connectivity index (χ2n) is 10.8. The molecule has 1 aliphatic heterocycles. The van der Waals surface area contributed by atoms with Gasteiger partial charge in [-0.1, -0.05) is 60.4 Å². The van der Waals surface area contributed by atoms with E-state index in [1.807, 2.05) is 38.1 Å². The van der Waals surface area contributed by atoms with Gasteiger partial charge in [-0.05, 0) is 68.0 Å². The molecule has 0 radical (unpaired) electrons. The van der Waals surface area contributed by atoms with Gasteiger partial charge in [-0.25, -0.2) is 0 Å². The number of benzene rings is 2. The molecule has 2 aliphatic rings. The van der Waals surface area contributed by atoms with Crippen LogP contribution in [0.2, 0.25) is 10.0 Å². The van der Waals surface area contributed by atoms with Crippen LogP contribution in [0, 0.1) is 6.92 Å². The van der Waals surface area contributed by atoms with Crippen molar-refractivity contribution in [2.75, 3.05) is 37.6 Å². The van der Waals surface area contributed by atoms with Crippen molar-refractivity contribution >= 4 is 40.2 Å². The topological polar surface area (TPSA) is 49.6 Å². The minimum absolute atomic E-state index is 0.189. The van der Waals surface area contributed by atoms with Crippen molar-refractivity contribution in [3.63, 3.8) is 0 Å². The van der Waals surface area contributed by atoms with Crippen LogP contribution >= 0.6 is 23.2 Å². The van der Waals surface area contributed by atoms with Gasteiger partial charge >= 0.3 is 0 Å². The normalized spacial score (nSPS) is 17.5. The Hall–Kier alpha value is -2.60. The number of Topliss-reactive ketones (excluding diaryl/α,β-unsaturated/α-hetero) is 1. The first-order valence-electron chi connectivity index (χ1n) is 14.0. The molecule has 2 fully saturated rings. The fourth-order valence-corrected chi connectivity index (χ4v) is 6.38. The molecule has 206 valence electrons. The third kappa shape index (κ3) is 5.82. The van der Waals surface area contributed by atoms with Gasteiger partial charge in [-0.3, -0.25) is 9.69 Å². The molecular weight excluding hydrogens is 529 g/mol. The van der Waals surface area contributed by atoms with Crippen molar-refractivity contribution in [2.24, 2.45) is 0 Å². The summed E-state index contributed by atoms with van der Waals surface area (Å²) in [5, 5.41) is 5.69. The molecule has 1 atom stereocenters. The van der Waals surface area contributed by atoms with E-state index in [2.05, 4.69) is 47.0 Å². The maximum absolute atomic E-state index is 12.4. The molecule has 0 amide bonds. The molecule has 5 rings (SSSR count). The molecule has 7 heteroatoms. The van der Waals surface area contributed by atoms with Gasteiger partial charge in [0, 0.05) is 67.4 Å². The monoisotopic (exact) mass is 565 g/mol. The Morgan fingerprint density at radius 1 is 1.13 bits per heavy atom. The number of halogens is 2. The van der Waals surface area contributed by atoms with Crippen LogP contribution in [0.15, 0.2) is 47.0 Å². The first-order valence-corrected chi connectivity index (χ1v) is 14.8. The average molecular weight is 567 g/mol. The molecule has 2 heterocycles. The number of aryl methyl sites for hydroxylation is 1. The molecule has 0 bridgehead atoms. The van der Waals surface area contributed by atoms with E-state index in [1.54, 1.807) is 0 Å². The summed E-state index contributed by atoms with van der Waals surface area (Å²) in [6, 6.07) is 12.1. The molecule has 39 heavy (non-hydrogen) atoms. The molecule has 3 aromatic rings. The summed E-state index contributed by atoms with van der Waals surface area (Å²) >= 11 is 13.2. The highest BCUT2D eigenvalue weighted by atomic mass is 35.5. The predicted octanol–water partition coefficient (Wildman–Crippen LogP) is 8.14. The van der Waals surface area contributed by atoms with Gasteiger partial charge in [0.1, 0.15) is 11.5 Å². The molecule has 1 unspecified atom stereocenters. The zero-order valence-electron chi connectivity index (χ0n) is 23.3. The van der Waals surface area contributed by atoms with E-state index < -0.39 is 0 Å². The summed E-state index contributed by atoms with van der Waals surface area (Å²) in [4.78, 5) is 17.4. The number of rotatable bonds is 9. The Kier molecular flexibility index (Phi) is 8.51. The summed E-state index contributed by atoms with van der Waals surface area (Å²) in [7, 11) is 0. The van der Waals surface area contributed by atoms with Crippen molar-refractivity contribution in [1.29, 1.82) is 0 Å². The summed E-state index contributed by atoms with van der Waals surface area (Å²) in [5.74, 6) is 1.87. The predicted molar refractivity (Wildman–Crippen MR) is 161 cm³/mol. The van der Waals surface area contributed by atoms with Gasteiger partial charge in [0.05, 0.1) is 10.0 Å². The van der Waals surface area contributed by atoms with E-state index in [4.69, 9.17) is 27.7 Å². The summed E-state index contributed by atoms with van der Waals surface area (Å²) in [5.41, 5.74) is 6.92. The SMILES string of the molecule is C/C=C(/C(=O)CC)c1ccc(N2CCN(CC(C)c3c(-c4c(Cl)cccc4Cl)noc3C3CC3)CC2)cc1C. The van der Waals surface area contributed by atoms with Gasteiger partial charge in [0.15, 0.2) is 5.78 Å². The van der Waals surface area contributed by atoms with Crippen LogP contribution in [0.4, 0.5) is 5.69 Å². The van der Waals surface area contributed by atoms with Crippen LogP contribution in [0.1, 0.15) is 74.3 Å². The Morgan fingerprint density at radius 2 is 1.82 bits per heavy atom. The first-order chi connectivity index (χ1) is 18.8. The van der Waals surface area contributed by atoms with Gasteiger partial charge in [-0.15, -0.1) is 0 Å². The van der Waals surface area contributed by atoms with Crippen LogP contribution in [0.25, 0.3) is 16.8 Å². The van der Waals surface area contributed by atoms with Crippen LogP contribution in [-0.4, -0.2) is 48.6 Å². The number of anilines is 1. The fraction of sp³-hybridized carbons (Fsp3) is 0.438. The molecule has 5 nitrogen and oxygen atoms in total. The lowest BCUT2D eigenvalue weighted by atomic mass is 9.93. The first kappa shape index (κ1) is 27.9. The van der Waals surface area contributed by atoms with Crippen molar-refractivity contribution in [1.82, 2.24) is 10.1 Å². The maximum atomic E-state index is 12.4. The van der Waals surface area contributed by atoms with Crippen molar-refractivity contribution in [3.8, 4) is 11.3 Å². The van der Waals surface area contributed by atoms with Crippen LogP contribution in [0.3, 0.4) is 0 Å². The number of hydrogen-bond acceptors (Lipinski definition) is 5. The largest absolute Gasteiger partial charge is 0.369 e. The van der Waals surface area contributed by atoms with Crippen molar-refractivity contribution in [3.05, 3.63) is 75.0 Å². The molecule has 2 aromatic carbocycles. The Labute approximate surface area is 241 Å². The van der Waals surface area contributed by atoms with Crippen molar-refractivity contribution in [2.45, 2.75) is 58.8 Å². The summed E-state index contributed by atoms with van der Waals surface area (Å²) < 4.78 is 5.92. The molecule has 0 spiro atoms. The number of carbonyl (C=O) groups excluding carboxylic acids is 1. The number of piperazine rings is 1. The minimum atomic E-state index is 0.189. The second-order valence-corrected chi connectivity index (χ2v) is 11.7. The molecule has 1 aromatic heterocycles. The molecule has 0 N–H and O–H groups in total.